The summed E-state index contributed by atoms with van der Waals surface area (Å²) in [7, 11) is 1.57. The van der Waals surface area contributed by atoms with Gasteiger partial charge in [0.15, 0.2) is 5.69 Å². The predicted octanol–water partition coefficient (Wildman–Crippen LogP) is 5.13. The van der Waals surface area contributed by atoms with Crippen molar-refractivity contribution >= 4 is 68.1 Å². The van der Waals surface area contributed by atoms with Gasteiger partial charge >= 0.3 is 0 Å². The first-order chi connectivity index (χ1) is 18.5. The number of amides is 1. The van der Waals surface area contributed by atoms with Crippen molar-refractivity contribution in [3.8, 4) is 0 Å². The number of aromatic nitrogens is 1. The zero-order valence-corrected chi connectivity index (χ0v) is 24.6. The van der Waals surface area contributed by atoms with Gasteiger partial charge in [0.1, 0.15) is 22.4 Å². The number of nitrogens with zero attached hydrogens (tertiary/aromatic N) is 5. The van der Waals surface area contributed by atoms with Crippen LogP contribution in [0.4, 0.5) is 5.69 Å². The quantitative estimate of drug-likeness (QED) is 0.349. The lowest BCUT2D eigenvalue weighted by molar-refractivity contribution is -0.385. The van der Waals surface area contributed by atoms with Gasteiger partial charge < -0.3 is 9.73 Å². The van der Waals surface area contributed by atoms with Crippen molar-refractivity contribution in [3.63, 3.8) is 0 Å². The van der Waals surface area contributed by atoms with Crippen LogP contribution in [-0.2, 0) is 5.54 Å². The van der Waals surface area contributed by atoms with Crippen LogP contribution in [0.2, 0.25) is 0 Å². The number of nitro benzene ring substituents is 1. The fourth-order valence-corrected chi connectivity index (χ4v) is 8.25. The van der Waals surface area contributed by atoms with Crippen LogP contribution in [0.5, 0.6) is 0 Å². The number of aryl methyl sites for hydroxylation is 1. The lowest BCUT2D eigenvalue weighted by Crippen LogP contribution is -2.33. The normalized spacial score (nSPS) is 28.5. The molecular formula is C26H28N6O4S3. The molecule has 3 atom stereocenters. The van der Waals surface area contributed by atoms with Crippen molar-refractivity contribution in [3.05, 3.63) is 63.4 Å². The third-order valence-corrected chi connectivity index (χ3v) is 10.9. The summed E-state index contributed by atoms with van der Waals surface area (Å²) in [6.45, 7) is 7.86. The first kappa shape index (κ1) is 27.7. The van der Waals surface area contributed by atoms with Crippen LogP contribution in [0.15, 0.2) is 49.7 Å². The van der Waals surface area contributed by atoms with E-state index in [1.807, 2.05) is 13.0 Å². The molecule has 13 heteroatoms. The zero-order valence-electron chi connectivity index (χ0n) is 22.2. The highest BCUT2D eigenvalue weighted by Crippen LogP contribution is 2.46. The van der Waals surface area contributed by atoms with Gasteiger partial charge in [0.2, 0.25) is 5.89 Å². The zero-order chi connectivity index (χ0) is 28.0. The molecule has 0 radical (unpaired) electrons. The minimum Gasteiger partial charge on any atom is -0.442 e. The Morgan fingerprint density at radius 1 is 1.00 bits per heavy atom. The second-order valence-corrected chi connectivity index (χ2v) is 13.0. The summed E-state index contributed by atoms with van der Waals surface area (Å²) in [5.41, 5.74) is -0.779. The molecule has 0 saturated carbocycles. The molecule has 0 fully saturated rings. The Hall–Kier alpha value is -2.90. The number of carbonyl (C=O) groups excluding carboxylic acids is 1. The van der Waals surface area contributed by atoms with Crippen LogP contribution in [0, 0.1) is 17.0 Å². The highest BCUT2D eigenvalue weighted by Gasteiger charge is 2.48. The third kappa shape index (κ3) is 5.19. The number of nitro groups is 1. The smallest absolute Gasteiger partial charge is 0.276 e. The second-order valence-electron chi connectivity index (χ2n) is 10.1. The van der Waals surface area contributed by atoms with Crippen LogP contribution >= 0.6 is 35.3 Å². The van der Waals surface area contributed by atoms with Crippen molar-refractivity contribution in [1.29, 1.82) is 0 Å². The summed E-state index contributed by atoms with van der Waals surface area (Å²) in [5.74, 6) is 2.74. The lowest BCUT2D eigenvalue weighted by Gasteiger charge is -2.21. The van der Waals surface area contributed by atoms with Crippen molar-refractivity contribution in [2.24, 2.45) is 15.0 Å². The van der Waals surface area contributed by atoms with Gasteiger partial charge in [-0.3, -0.25) is 29.9 Å². The highest BCUT2D eigenvalue weighted by atomic mass is 32.2. The summed E-state index contributed by atoms with van der Waals surface area (Å²) in [5, 5.41) is 16.6. The van der Waals surface area contributed by atoms with E-state index < -0.39 is 16.6 Å². The molecule has 0 aliphatic carbocycles. The lowest BCUT2D eigenvalue weighted by atomic mass is 10.0. The summed E-state index contributed by atoms with van der Waals surface area (Å²) >= 11 is 4.96. The number of nitrogens with one attached hydrogen (secondary N) is 1. The fourth-order valence-electron chi connectivity index (χ4n) is 4.39. The van der Waals surface area contributed by atoms with Gasteiger partial charge in [-0.05, 0) is 45.9 Å². The largest absolute Gasteiger partial charge is 0.442 e. The van der Waals surface area contributed by atoms with Gasteiger partial charge in [0, 0.05) is 30.4 Å². The van der Waals surface area contributed by atoms with E-state index in [1.54, 1.807) is 73.5 Å². The summed E-state index contributed by atoms with van der Waals surface area (Å²) < 4.78 is 5.88. The molecule has 204 valence electrons. The molecule has 1 aromatic heterocycles. The van der Waals surface area contributed by atoms with Gasteiger partial charge in [-0.15, -0.1) is 35.3 Å². The fraction of sp³-hybridized carbons (Fsp3) is 0.423. The van der Waals surface area contributed by atoms with E-state index in [9.17, 15) is 14.9 Å². The Bertz CT molecular complexity index is 1480. The number of oxazole rings is 1. The molecule has 39 heavy (non-hydrogen) atoms. The highest BCUT2D eigenvalue weighted by molar-refractivity contribution is 8.17. The summed E-state index contributed by atoms with van der Waals surface area (Å²) in [4.78, 5) is 42.7. The molecule has 4 heterocycles. The number of hydrogen-bond donors (Lipinski definition) is 1. The average molecular weight is 585 g/mol. The van der Waals surface area contributed by atoms with E-state index >= 15 is 0 Å². The van der Waals surface area contributed by atoms with Crippen molar-refractivity contribution in [1.82, 2.24) is 10.3 Å². The Balaban J connectivity index is 1.36. The number of rotatable bonds is 7. The molecule has 0 spiro atoms. The Kier molecular flexibility index (Phi) is 7.27. The molecule has 1 aromatic carbocycles. The Morgan fingerprint density at radius 2 is 1.62 bits per heavy atom. The monoisotopic (exact) mass is 584 g/mol. The third-order valence-electron chi connectivity index (χ3n) is 6.69. The summed E-state index contributed by atoms with van der Waals surface area (Å²) in [6.07, 6.45) is 3.58. The standard InChI is InChI=1S/C26H28N6O4S3/c1-15-19(20(33)27-5)28-21(36-15)24(2)12-38-23(30-24)26(4)14-39-22(31-26)25(3)13-37-18(29-25)11-10-16-8-6-7-9-17(16)32(34)35/h6-11H,12-14H2,1-5H3,(H,27,33)/b11-10+/t24-,25-,26-/m0/s1. The molecule has 10 nitrogen and oxygen atoms in total. The molecule has 2 aromatic rings. The minimum atomic E-state index is -0.688. The van der Waals surface area contributed by atoms with Crippen molar-refractivity contribution < 1.29 is 14.1 Å². The van der Waals surface area contributed by atoms with E-state index in [0.29, 0.717) is 23.0 Å². The molecule has 5 rings (SSSR count). The van der Waals surface area contributed by atoms with Crippen LogP contribution in [0.1, 0.15) is 48.5 Å². The number of aliphatic imine (C=N–C) groups is 3. The maximum atomic E-state index is 12.1. The predicted molar refractivity (Wildman–Crippen MR) is 161 cm³/mol. The molecular weight excluding hydrogens is 557 g/mol. The average Bonchev–Trinajstić information content (AvgIpc) is 3.69. The molecule has 1 N–H and O–H groups in total. The second kappa shape index (κ2) is 10.3. The van der Waals surface area contributed by atoms with Crippen molar-refractivity contribution in [2.75, 3.05) is 24.3 Å². The van der Waals surface area contributed by atoms with Gasteiger partial charge in [-0.1, -0.05) is 12.1 Å². The molecule has 3 aliphatic rings. The van der Waals surface area contributed by atoms with Crippen LogP contribution in [-0.4, -0.2) is 66.3 Å². The van der Waals surface area contributed by atoms with E-state index in [1.165, 1.54) is 6.07 Å². The van der Waals surface area contributed by atoms with E-state index in [0.717, 1.165) is 26.6 Å². The SMILES string of the molecule is CNC(=O)c1nc([C@]2(C)CSC([C@]3(C)CSC([C@]4(C)CSC(/C=C/c5ccccc5[N+](=O)[O-])=N4)=N3)=N2)oc1C. The van der Waals surface area contributed by atoms with Gasteiger partial charge in [-0.25, -0.2) is 4.98 Å². The number of benzene rings is 1. The maximum absolute atomic E-state index is 12.1. The minimum absolute atomic E-state index is 0.0678. The van der Waals surface area contributed by atoms with Crippen LogP contribution in [0.25, 0.3) is 6.08 Å². The molecule has 0 bridgehead atoms. The Morgan fingerprint density at radius 3 is 2.31 bits per heavy atom. The molecule has 1 amide bonds. The van der Waals surface area contributed by atoms with Crippen molar-refractivity contribution in [2.45, 2.75) is 44.3 Å². The molecule has 0 unspecified atom stereocenters. The number of carbonyl (C=O) groups is 1. The van der Waals surface area contributed by atoms with Gasteiger partial charge in [-0.2, -0.15) is 0 Å². The van der Waals surface area contributed by atoms with E-state index in [2.05, 4.69) is 24.1 Å². The van der Waals surface area contributed by atoms with E-state index in [4.69, 9.17) is 19.4 Å². The molecule has 3 aliphatic heterocycles. The number of hydrogen-bond acceptors (Lipinski definition) is 11. The topological polar surface area (TPSA) is 135 Å². The molecule has 0 saturated heterocycles. The maximum Gasteiger partial charge on any atom is 0.276 e. The first-order valence-corrected chi connectivity index (χ1v) is 15.2. The Labute approximate surface area is 238 Å². The van der Waals surface area contributed by atoms with Gasteiger partial charge in [0.25, 0.3) is 11.6 Å². The number of para-hydroxylation sites is 1. The first-order valence-electron chi connectivity index (χ1n) is 12.3. The summed E-state index contributed by atoms with van der Waals surface area (Å²) in [6, 6.07) is 6.66. The van der Waals surface area contributed by atoms with Crippen LogP contribution < -0.4 is 5.32 Å². The number of thioether (sulfide) groups is 3. The van der Waals surface area contributed by atoms with Gasteiger partial charge in [0.05, 0.1) is 25.6 Å². The van der Waals surface area contributed by atoms with Crippen LogP contribution in [0.3, 0.4) is 0 Å². The van der Waals surface area contributed by atoms with E-state index in [-0.39, 0.29) is 22.2 Å².